The molecule has 7 nitrogen and oxygen atoms in total. The van der Waals surface area contributed by atoms with E-state index < -0.39 is 22.0 Å². The molecule has 0 aromatic carbocycles. The number of carboxylic acids is 1. The molecular formula is C10H17N3O4S. The Morgan fingerprint density at radius 3 is 2.56 bits per heavy atom. The van der Waals surface area contributed by atoms with Gasteiger partial charge in [0.15, 0.2) is 0 Å². The van der Waals surface area contributed by atoms with Crippen molar-refractivity contribution in [3.8, 4) is 0 Å². The Balaban J connectivity index is 2.89. The van der Waals surface area contributed by atoms with Crippen LogP contribution in [0.3, 0.4) is 0 Å². The van der Waals surface area contributed by atoms with Crippen molar-refractivity contribution in [2.24, 2.45) is 13.0 Å². The summed E-state index contributed by atoms with van der Waals surface area (Å²) in [7, 11) is -2.12. The molecule has 0 fully saturated rings. The second-order valence-electron chi connectivity index (χ2n) is 4.42. The van der Waals surface area contributed by atoms with Crippen LogP contribution in [0.25, 0.3) is 0 Å². The average Bonchev–Trinajstić information content (AvgIpc) is 2.63. The summed E-state index contributed by atoms with van der Waals surface area (Å²) in [5.74, 6) is -1.16. The van der Waals surface area contributed by atoms with Gasteiger partial charge in [-0.25, -0.2) is 13.1 Å². The van der Waals surface area contributed by atoms with Crippen LogP contribution < -0.4 is 4.72 Å². The van der Waals surface area contributed by atoms with Crippen molar-refractivity contribution in [1.29, 1.82) is 0 Å². The first-order valence-electron chi connectivity index (χ1n) is 5.45. The molecule has 0 amide bonds. The highest BCUT2D eigenvalue weighted by molar-refractivity contribution is 7.89. The minimum absolute atomic E-state index is 0.0287. The lowest BCUT2D eigenvalue weighted by Gasteiger charge is -2.19. The number of nitrogens with zero attached hydrogens (tertiary/aromatic N) is 2. The van der Waals surface area contributed by atoms with Gasteiger partial charge < -0.3 is 5.11 Å². The van der Waals surface area contributed by atoms with Crippen LogP contribution >= 0.6 is 0 Å². The van der Waals surface area contributed by atoms with Crippen molar-refractivity contribution >= 4 is 16.0 Å². The van der Waals surface area contributed by atoms with Gasteiger partial charge in [-0.2, -0.15) is 5.10 Å². The molecule has 102 valence electrons. The molecular weight excluding hydrogens is 258 g/mol. The molecule has 0 saturated carbocycles. The van der Waals surface area contributed by atoms with Crippen LogP contribution in [0.5, 0.6) is 0 Å². The summed E-state index contributed by atoms with van der Waals surface area (Å²) in [4.78, 5) is 10.7. The third kappa shape index (κ3) is 3.81. The maximum absolute atomic E-state index is 12.0. The molecule has 1 atom stereocenters. The molecule has 1 aromatic rings. The van der Waals surface area contributed by atoms with Gasteiger partial charge in [-0.1, -0.05) is 13.8 Å². The fourth-order valence-corrected chi connectivity index (χ4v) is 2.77. The molecule has 1 unspecified atom stereocenters. The van der Waals surface area contributed by atoms with Gasteiger partial charge in [-0.15, -0.1) is 0 Å². The number of aliphatic carboxylic acids is 1. The molecule has 8 heteroatoms. The topological polar surface area (TPSA) is 101 Å². The second kappa shape index (κ2) is 5.49. The van der Waals surface area contributed by atoms with E-state index in [1.54, 1.807) is 20.9 Å². The van der Waals surface area contributed by atoms with Crippen LogP contribution in [-0.4, -0.2) is 35.3 Å². The molecule has 0 spiro atoms. The molecule has 0 saturated heterocycles. The van der Waals surface area contributed by atoms with Crippen molar-refractivity contribution in [1.82, 2.24) is 14.5 Å². The van der Waals surface area contributed by atoms with E-state index in [9.17, 15) is 13.2 Å². The first-order valence-corrected chi connectivity index (χ1v) is 6.93. The van der Waals surface area contributed by atoms with E-state index in [-0.39, 0.29) is 17.2 Å². The molecule has 2 N–H and O–H groups in total. The zero-order valence-electron chi connectivity index (χ0n) is 10.5. The number of hydrogen-bond acceptors (Lipinski definition) is 4. The molecule has 1 heterocycles. The quantitative estimate of drug-likeness (QED) is 0.772. The van der Waals surface area contributed by atoms with Gasteiger partial charge in [0.05, 0.1) is 12.6 Å². The van der Waals surface area contributed by atoms with E-state index in [1.807, 2.05) is 0 Å². The van der Waals surface area contributed by atoms with Gasteiger partial charge >= 0.3 is 5.97 Å². The highest BCUT2D eigenvalue weighted by Crippen LogP contribution is 2.12. The normalized spacial score (nSPS) is 13.8. The first-order chi connectivity index (χ1) is 8.22. The van der Waals surface area contributed by atoms with E-state index in [1.165, 1.54) is 17.1 Å². The van der Waals surface area contributed by atoms with Crippen molar-refractivity contribution in [3.05, 3.63) is 12.4 Å². The number of nitrogens with one attached hydrogen (secondary N) is 1. The van der Waals surface area contributed by atoms with Crippen LogP contribution in [0.2, 0.25) is 0 Å². The number of hydrogen-bond donors (Lipinski definition) is 2. The van der Waals surface area contributed by atoms with Gasteiger partial charge in [-0.3, -0.25) is 9.48 Å². The maximum atomic E-state index is 12.0. The Morgan fingerprint density at radius 2 is 2.17 bits per heavy atom. The SMILES string of the molecule is CC(C)C(CC(=O)O)NS(=O)(=O)c1cnn(C)c1. The zero-order valence-corrected chi connectivity index (χ0v) is 11.3. The Labute approximate surface area is 106 Å². The smallest absolute Gasteiger partial charge is 0.304 e. The number of rotatable bonds is 6. The van der Waals surface area contributed by atoms with Crippen LogP contribution in [0, 0.1) is 5.92 Å². The lowest BCUT2D eigenvalue weighted by Crippen LogP contribution is -2.39. The lowest BCUT2D eigenvalue weighted by atomic mass is 10.0. The number of aromatic nitrogens is 2. The third-order valence-electron chi connectivity index (χ3n) is 2.50. The summed E-state index contributed by atoms with van der Waals surface area (Å²) < 4.78 is 27.7. The van der Waals surface area contributed by atoms with Gasteiger partial charge in [0.2, 0.25) is 10.0 Å². The van der Waals surface area contributed by atoms with Gasteiger partial charge in [0.1, 0.15) is 4.90 Å². The predicted molar refractivity (Wildman–Crippen MR) is 64.4 cm³/mol. The minimum Gasteiger partial charge on any atom is -0.481 e. The summed E-state index contributed by atoms with van der Waals surface area (Å²) in [5, 5.41) is 12.5. The number of carboxylic acid groups (broad SMARTS) is 1. The van der Waals surface area contributed by atoms with Crippen LogP contribution in [-0.2, 0) is 21.9 Å². The van der Waals surface area contributed by atoms with Gasteiger partial charge in [-0.05, 0) is 5.92 Å². The van der Waals surface area contributed by atoms with Crippen molar-refractivity contribution in [2.45, 2.75) is 31.2 Å². The Bertz CT molecular complexity index is 521. The van der Waals surface area contributed by atoms with E-state index in [0.29, 0.717) is 0 Å². The van der Waals surface area contributed by atoms with E-state index in [0.717, 1.165) is 0 Å². The van der Waals surface area contributed by atoms with Crippen molar-refractivity contribution in [2.75, 3.05) is 0 Å². The molecule has 0 aliphatic carbocycles. The number of carbonyl (C=O) groups is 1. The summed E-state index contributed by atoms with van der Waals surface area (Å²) >= 11 is 0. The average molecular weight is 275 g/mol. The van der Waals surface area contributed by atoms with Crippen LogP contribution in [0.1, 0.15) is 20.3 Å². The molecule has 18 heavy (non-hydrogen) atoms. The molecule has 0 radical (unpaired) electrons. The number of sulfonamides is 1. The van der Waals surface area contributed by atoms with E-state index >= 15 is 0 Å². The van der Waals surface area contributed by atoms with Crippen molar-refractivity contribution < 1.29 is 18.3 Å². The fraction of sp³-hybridized carbons (Fsp3) is 0.600. The van der Waals surface area contributed by atoms with E-state index in [2.05, 4.69) is 9.82 Å². The summed E-state index contributed by atoms with van der Waals surface area (Å²) in [6, 6.07) is -0.646. The van der Waals surface area contributed by atoms with Gasteiger partial charge in [0.25, 0.3) is 0 Å². The predicted octanol–water partition coefficient (Wildman–Crippen LogP) is 0.198. The standard InChI is InChI=1S/C10H17N3O4S/c1-7(2)9(4-10(14)15)12-18(16,17)8-5-11-13(3)6-8/h5-7,9,12H,4H2,1-3H3,(H,14,15). The lowest BCUT2D eigenvalue weighted by molar-refractivity contribution is -0.137. The first kappa shape index (κ1) is 14.7. The molecule has 0 aliphatic rings. The minimum atomic E-state index is -3.73. The fourth-order valence-electron chi connectivity index (χ4n) is 1.41. The zero-order chi connectivity index (χ0) is 13.9. The molecule has 0 bridgehead atoms. The van der Waals surface area contributed by atoms with Crippen LogP contribution in [0.15, 0.2) is 17.3 Å². The Kier molecular flexibility index (Phi) is 4.47. The maximum Gasteiger partial charge on any atom is 0.304 e. The number of aryl methyl sites for hydroxylation is 1. The van der Waals surface area contributed by atoms with Crippen molar-refractivity contribution in [3.63, 3.8) is 0 Å². The highest BCUT2D eigenvalue weighted by atomic mass is 32.2. The second-order valence-corrected chi connectivity index (χ2v) is 6.13. The summed E-state index contributed by atoms with van der Waals surface area (Å²) in [5.41, 5.74) is 0. The third-order valence-corrected chi connectivity index (χ3v) is 3.94. The molecule has 1 rings (SSSR count). The summed E-state index contributed by atoms with van der Waals surface area (Å²) in [6.45, 7) is 3.53. The van der Waals surface area contributed by atoms with Crippen LogP contribution in [0.4, 0.5) is 0 Å². The largest absolute Gasteiger partial charge is 0.481 e. The summed E-state index contributed by atoms with van der Waals surface area (Å²) in [6.07, 6.45) is 2.33. The van der Waals surface area contributed by atoms with E-state index in [4.69, 9.17) is 5.11 Å². The Morgan fingerprint density at radius 1 is 1.56 bits per heavy atom. The molecule has 0 aliphatic heterocycles. The Hall–Kier alpha value is -1.41. The molecule has 1 aromatic heterocycles. The highest BCUT2D eigenvalue weighted by Gasteiger charge is 2.25. The van der Waals surface area contributed by atoms with Gasteiger partial charge in [0, 0.05) is 19.3 Å². The monoisotopic (exact) mass is 275 g/mol.